The highest BCUT2D eigenvalue weighted by Crippen LogP contribution is 2.18. The van der Waals surface area contributed by atoms with Crippen molar-refractivity contribution in [2.45, 2.75) is 19.4 Å². The van der Waals surface area contributed by atoms with Gasteiger partial charge in [0.15, 0.2) is 0 Å². The molecule has 0 aliphatic carbocycles. The van der Waals surface area contributed by atoms with Gasteiger partial charge in [0.1, 0.15) is 5.82 Å². The molecule has 24 heavy (non-hydrogen) atoms. The molecular formula is C17H21N7. The Bertz CT molecular complexity index is 766. The minimum atomic E-state index is 0.170. The van der Waals surface area contributed by atoms with Crippen LogP contribution in [0.25, 0.3) is 5.69 Å². The third-order valence-corrected chi connectivity index (χ3v) is 3.65. The monoisotopic (exact) mass is 323 g/mol. The average Bonchev–Trinajstić information content (AvgIpc) is 3.15. The van der Waals surface area contributed by atoms with Crippen LogP contribution in [0.2, 0.25) is 0 Å². The van der Waals surface area contributed by atoms with E-state index < -0.39 is 0 Å². The molecule has 2 heterocycles. The molecule has 3 rings (SSSR count). The third-order valence-electron chi connectivity index (χ3n) is 3.65. The topological polar surface area (TPSA) is 93.7 Å². The van der Waals surface area contributed by atoms with E-state index in [9.17, 15) is 0 Å². The maximum absolute atomic E-state index is 5.71. The summed E-state index contributed by atoms with van der Waals surface area (Å²) >= 11 is 0. The number of benzene rings is 1. The van der Waals surface area contributed by atoms with Gasteiger partial charge in [0.25, 0.3) is 0 Å². The highest BCUT2D eigenvalue weighted by Gasteiger charge is 2.06. The van der Waals surface area contributed by atoms with Crippen molar-refractivity contribution < 1.29 is 0 Å². The van der Waals surface area contributed by atoms with Gasteiger partial charge in [-0.3, -0.25) is 0 Å². The van der Waals surface area contributed by atoms with Gasteiger partial charge < -0.3 is 16.4 Å². The van der Waals surface area contributed by atoms with Crippen LogP contribution in [-0.2, 0) is 0 Å². The lowest BCUT2D eigenvalue weighted by Gasteiger charge is -2.15. The maximum atomic E-state index is 5.71. The number of hydrogen-bond donors (Lipinski definition) is 3. The fourth-order valence-electron chi connectivity index (χ4n) is 2.30. The highest BCUT2D eigenvalue weighted by atomic mass is 15.3. The molecule has 3 aromatic rings. The van der Waals surface area contributed by atoms with E-state index in [4.69, 9.17) is 5.73 Å². The molecule has 0 bridgehead atoms. The Hall–Kier alpha value is -2.93. The summed E-state index contributed by atoms with van der Waals surface area (Å²) in [7, 11) is 0. The van der Waals surface area contributed by atoms with Gasteiger partial charge in [-0.05, 0) is 36.8 Å². The van der Waals surface area contributed by atoms with Crippen molar-refractivity contribution in [3.05, 3.63) is 55.0 Å². The summed E-state index contributed by atoms with van der Waals surface area (Å²) < 4.78 is 1.81. The first-order valence-corrected chi connectivity index (χ1v) is 7.95. The molecule has 2 aromatic heterocycles. The maximum Gasteiger partial charge on any atom is 0.224 e. The molecule has 0 amide bonds. The van der Waals surface area contributed by atoms with Crippen molar-refractivity contribution in [2.24, 2.45) is 5.73 Å². The summed E-state index contributed by atoms with van der Waals surface area (Å²) in [4.78, 5) is 8.73. The smallest absolute Gasteiger partial charge is 0.224 e. The van der Waals surface area contributed by atoms with Gasteiger partial charge in [-0.2, -0.15) is 10.1 Å². The second-order valence-corrected chi connectivity index (χ2v) is 5.38. The number of hydrogen-bond acceptors (Lipinski definition) is 6. The Kier molecular flexibility index (Phi) is 5.02. The van der Waals surface area contributed by atoms with Gasteiger partial charge in [-0.1, -0.05) is 13.0 Å². The fourth-order valence-corrected chi connectivity index (χ4v) is 2.30. The molecule has 7 nitrogen and oxygen atoms in total. The molecule has 0 aliphatic rings. The second kappa shape index (κ2) is 7.56. The van der Waals surface area contributed by atoms with Crippen LogP contribution >= 0.6 is 0 Å². The highest BCUT2D eigenvalue weighted by molar-refractivity contribution is 5.60. The molecule has 0 unspecified atom stereocenters. The summed E-state index contributed by atoms with van der Waals surface area (Å²) in [5.74, 6) is 1.29. The zero-order valence-corrected chi connectivity index (χ0v) is 13.6. The van der Waals surface area contributed by atoms with Gasteiger partial charge in [-0.15, -0.1) is 0 Å². The van der Waals surface area contributed by atoms with Gasteiger partial charge in [0.2, 0.25) is 5.95 Å². The molecular weight excluding hydrogens is 302 g/mol. The van der Waals surface area contributed by atoms with E-state index in [1.54, 1.807) is 12.4 Å². The summed E-state index contributed by atoms with van der Waals surface area (Å²) in [6.45, 7) is 2.62. The third kappa shape index (κ3) is 3.88. The molecule has 0 radical (unpaired) electrons. The first-order valence-electron chi connectivity index (χ1n) is 7.95. The van der Waals surface area contributed by atoms with E-state index in [-0.39, 0.29) is 6.04 Å². The lowest BCUT2D eigenvalue weighted by molar-refractivity contribution is 0.696. The largest absolute Gasteiger partial charge is 0.350 e. The molecule has 0 spiro atoms. The van der Waals surface area contributed by atoms with Crippen LogP contribution in [-0.4, -0.2) is 32.3 Å². The minimum absolute atomic E-state index is 0.170. The summed E-state index contributed by atoms with van der Waals surface area (Å²) in [5.41, 5.74) is 7.62. The standard InChI is InChI=1S/C17H21N7/c1-2-13(12-18)22-17-19-9-7-16(23-17)21-14-5-3-6-15(11-14)24-10-4-8-20-24/h3-11,13H,2,12,18H2,1H3,(H2,19,21,22,23)/t13-/m1/s1. The Labute approximate surface area is 140 Å². The molecule has 1 atom stereocenters. The lowest BCUT2D eigenvalue weighted by Crippen LogP contribution is -2.28. The normalized spacial score (nSPS) is 11.9. The van der Waals surface area contributed by atoms with E-state index in [2.05, 4.69) is 32.6 Å². The van der Waals surface area contributed by atoms with Crippen molar-refractivity contribution in [1.82, 2.24) is 19.7 Å². The predicted molar refractivity (Wildman–Crippen MR) is 95.6 cm³/mol. The number of aromatic nitrogens is 4. The molecule has 0 saturated carbocycles. The van der Waals surface area contributed by atoms with Crippen LogP contribution in [0, 0.1) is 0 Å². The van der Waals surface area contributed by atoms with Crippen molar-refractivity contribution in [2.75, 3.05) is 17.2 Å². The van der Waals surface area contributed by atoms with Crippen LogP contribution in [0.15, 0.2) is 55.0 Å². The van der Waals surface area contributed by atoms with Crippen LogP contribution in [0.1, 0.15) is 13.3 Å². The number of rotatable bonds is 7. The van der Waals surface area contributed by atoms with E-state index in [1.165, 1.54) is 0 Å². The molecule has 7 heteroatoms. The Morgan fingerprint density at radius 3 is 2.88 bits per heavy atom. The fraction of sp³-hybridized carbons (Fsp3) is 0.235. The van der Waals surface area contributed by atoms with Gasteiger partial charge in [0.05, 0.1) is 5.69 Å². The molecule has 0 fully saturated rings. The van der Waals surface area contributed by atoms with Crippen molar-refractivity contribution in [3.8, 4) is 5.69 Å². The molecule has 124 valence electrons. The lowest BCUT2D eigenvalue weighted by atomic mass is 10.2. The number of anilines is 3. The Balaban J connectivity index is 1.75. The van der Waals surface area contributed by atoms with Crippen molar-refractivity contribution in [3.63, 3.8) is 0 Å². The first-order chi connectivity index (χ1) is 11.8. The minimum Gasteiger partial charge on any atom is -0.350 e. The van der Waals surface area contributed by atoms with Gasteiger partial charge in [0, 0.05) is 36.9 Å². The van der Waals surface area contributed by atoms with E-state index in [0.29, 0.717) is 12.5 Å². The van der Waals surface area contributed by atoms with Crippen molar-refractivity contribution in [1.29, 1.82) is 0 Å². The van der Waals surface area contributed by atoms with E-state index in [0.717, 1.165) is 23.6 Å². The molecule has 0 aliphatic heterocycles. The second-order valence-electron chi connectivity index (χ2n) is 5.38. The quantitative estimate of drug-likeness (QED) is 0.619. The van der Waals surface area contributed by atoms with Crippen LogP contribution in [0.4, 0.5) is 17.5 Å². The van der Waals surface area contributed by atoms with Crippen LogP contribution < -0.4 is 16.4 Å². The predicted octanol–water partition coefficient (Wildman–Crippen LogP) is 2.56. The first kappa shape index (κ1) is 15.9. The Morgan fingerprint density at radius 2 is 2.12 bits per heavy atom. The SMILES string of the molecule is CC[C@H](CN)Nc1nccc(Nc2cccc(-n3cccn3)c2)n1. The van der Waals surface area contributed by atoms with E-state index in [1.807, 2.05) is 47.3 Å². The van der Waals surface area contributed by atoms with E-state index >= 15 is 0 Å². The molecule has 1 aromatic carbocycles. The van der Waals surface area contributed by atoms with Gasteiger partial charge >= 0.3 is 0 Å². The number of nitrogens with zero attached hydrogens (tertiary/aromatic N) is 4. The van der Waals surface area contributed by atoms with Crippen molar-refractivity contribution >= 4 is 17.5 Å². The number of nitrogens with two attached hydrogens (primary N) is 1. The van der Waals surface area contributed by atoms with Gasteiger partial charge in [-0.25, -0.2) is 9.67 Å². The summed E-state index contributed by atoms with van der Waals surface area (Å²) in [6.07, 6.45) is 6.30. The average molecular weight is 323 g/mol. The zero-order valence-electron chi connectivity index (χ0n) is 13.6. The summed E-state index contributed by atoms with van der Waals surface area (Å²) in [6, 6.07) is 11.9. The van der Waals surface area contributed by atoms with Crippen LogP contribution in [0.5, 0.6) is 0 Å². The summed E-state index contributed by atoms with van der Waals surface area (Å²) in [5, 5.41) is 10.8. The number of nitrogens with one attached hydrogen (secondary N) is 2. The molecule has 0 saturated heterocycles. The molecule has 4 N–H and O–H groups in total. The Morgan fingerprint density at radius 1 is 1.21 bits per heavy atom. The van der Waals surface area contributed by atoms with Crippen LogP contribution in [0.3, 0.4) is 0 Å². The zero-order chi connectivity index (χ0) is 16.8.